The predicted octanol–water partition coefficient (Wildman–Crippen LogP) is 4.34. The molecule has 29 heavy (non-hydrogen) atoms. The summed E-state index contributed by atoms with van der Waals surface area (Å²) in [7, 11) is 0. The van der Waals surface area contributed by atoms with Crippen LogP contribution in [0.1, 0.15) is 33.6 Å². The number of rotatable bonds is 3. The molecule has 0 N–H and O–H groups in total. The largest absolute Gasteiger partial charge is 0.337 e. The van der Waals surface area contributed by atoms with Crippen molar-refractivity contribution in [3.8, 4) is 0 Å². The Labute approximate surface area is 171 Å². The maximum atomic E-state index is 14.0. The van der Waals surface area contributed by atoms with Crippen LogP contribution in [0.5, 0.6) is 0 Å². The van der Waals surface area contributed by atoms with Crippen molar-refractivity contribution in [3.05, 3.63) is 76.7 Å². The topological polar surface area (TPSA) is 36.4 Å². The SMILES string of the molecule is Cc1ccc2nc(C)cc(C(=O)N3CCCN(Cc4ccccc4F)CC3)c2c1. The minimum Gasteiger partial charge on any atom is -0.337 e. The summed E-state index contributed by atoms with van der Waals surface area (Å²) in [5.41, 5.74) is 4.25. The summed E-state index contributed by atoms with van der Waals surface area (Å²) in [4.78, 5) is 22.1. The van der Waals surface area contributed by atoms with Crippen molar-refractivity contribution in [1.82, 2.24) is 14.8 Å². The molecule has 0 bridgehead atoms. The van der Waals surface area contributed by atoms with Crippen molar-refractivity contribution in [3.63, 3.8) is 0 Å². The van der Waals surface area contributed by atoms with Crippen LogP contribution in [0, 0.1) is 19.7 Å². The van der Waals surface area contributed by atoms with Crippen LogP contribution in [-0.2, 0) is 6.54 Å². The molecule has 4 rings (SSSR count). The van der Waals surface area contributed by atoms with E-state index in [1.54, 1.807) is 6.07 Å². The van der Waals surface area contributed by atoms with E-state index in [4.69, 9.17) is 0 Å². The smallest absolute Gasteiger partial charge is 0.254 e. The predicted molar refractivity (Wildman–Crippen MR) is 113 cm³/mol. The van der Waals surface area contributed by atoms with Gasteiger partial charge in [-0.1, -0.05) is 29.8 Å². The molecule has 1 amide bonds. The molecule has 1 aliphatic heterocycles. The maximum Gasteiger partial charge on any atom is 0.254 e. The van der Waals surface area contributed by atoms with Crippen molar-refractivity contribution < 1.29 is 9.18 Å². The molecule has 3 aromatic rings. The molecule has 4 nitrogen and oxygen atoms in total. The quantitative estimate of drug-likeness (QED) is 0.666. The first-order valence-corrected chi connectivity index (χ1v) is 10.1. The summed E-state index contributed by atoms with van der Waals surface area (Å²) >= 11 is 0. The first-order valence-electron chi connectivity index (χ1n) is 10.1. The summed E-state index contributed by atoms with van der Waals surface area (Å²) in [6, 6.07) is 14.8. The van der Waals surface area contributed by atoms with Crippen molar-refractivity contribution in [2.75, 3.05) is 26.2 Å². The number of fused-ring (bicyclic) bond motifs is 1. The van der Waals surface area contributed by atoms with Crippen LogP contribution in [0.3, 0.4) is 0 Å². The molecular formula is C24H26FN3O. The Bertz CT molecular complexity index is 1050. The van der Waals surface area contributed by atoms with Crippen molar-refractivity contribution in [2.24, 2.45) is 0 Å². The Morgan fingerprint density at radius 2 is 1.86 bits per heavy atom. The van der Waals surface area contributed by atoms with Crippen molar-refractivity contribution in [2.45, 2.75) is 26.8 Å². The van der Waals surface area contributed by atoms with Crippen LogP contribution in [0.15, 0.2) is 48.5 Å². The lowest BCUT2D eigenvalue weighted by atomic mass is 10.0. The molecule has 1 aromatic heterocycles. The van der Waals surface area contributed by atoms with Crippen LogP contribution in [0.2, 0.25) is 0 Å². The van der Waals surface area contributed by atoms with Crippen molar-refractivity contribution >= 4 is 16.8 Å². The number of hydrogen-bond acceptors (Lipinski definition) is 3. The van der Waals surface area contributed by atoms with Crippen LogP contribution >= 0.6 is 0 Å². The van der Waals surface area contributed by atoms with E-state index in [1.807, 2.05) is 55.1 Å². The second kappa shape index (κ2) is 8.29. The standard InChI is InChI=1S/C24H26FN3O/c1-17-8-9-23-20(14-17)21(15-18(2)26-23)24(29)28-11-5-10-27(12-13-28)16-19-6-3-4-7-22(19)25/h3-4,6-9,14-15H,5,10-13,16H2,1-2H3. The van der Waals surface area contributed by atoms with Crippen LogP contribution in [-0.4, -0.2) is 46.9 Å². The number of aromatic nitrogens is 1. The molecular weight excluding hydrogens is 365 g/mol. The number of aryl methyl sites for hydroxylation is 2. The van der Waals surface area contributed by atoms with Gasteiger partial charge in [0.2, 0.25) is 0 Å². The van der Waals surface area contributed by atoms with E-state index in [2.05, 4.69) is 9.88 Å². The molecule has 2 aromatic carbocycles. The number of carbonyl (C=O) groups excluding carboxylic acids is 1. The van der Waals surface area contributed by atoms with Crippen LogP contribution in [0.4, 0.5) is 4.39 Å². The maximum absolute atomic E-state index is 14.0. The average molecular weight is 391 g/mol. The van der Waals surface area contributed by atoms with E-state index < -0.39 is 0 Å². The fourth-order valence-corrected chi connectivity index (χ4v) is 4.02. The number of carbonyl (C=O) groups is 1. The van der Waals surface area contributed by atoms with E-state index in [9.17, 15) is 9.18 Å². The highest BCUT2D eigenvalue weighted by atomic mass is 19.1. The Morgan fingerprint density at radius 1 is 1.03 bits per heavy atom. The third-order valence-electron chi connectivity index (χ3n) is 5.55. The number of benzene rings is 2. The highest BCUT2D eigenvalue weighted by molar-refractivity contribution is 6.06. The number of nitrogens with zero attached hydrogens (tertiary/aromatic N) is 3. The Balaban J connectivity index is 1.53. The molecule has 1 aliphatic rings. The normalized spacial score (nSPS) is 15.5. The summed E-state index contributed by atoms with van der Waals surface area (Å²) < 4.78 is 14.0. The lowest BCUT2D eigenvalue weighted by Crippen LogP contribution is -2.35. The number of pyridine rings is 1. The van der Waals surface area contributed by atoms with Gasteiger partial charge in [0.15, 0.2) is 0 Å². The fourth-order valence-electron chi connectivity index (χ4n) is 4.02. The molecule has 0 spiro atoms. The Hall–Kier alpha value is -2.79. The minimum atomic E-state index is -0.168. The summed E-state index contributed by atoms with van der Waals surface area (Å²) in [5, 5.41) is 0.910. The molecule has 0 atom stereocenters. The van der Waals surface area contributed by atoms with E-state index in [-0.39, 0.29) is 11.7 Å². The highest BCUT2D eigenvalue weighted by Crippen LogP contribution is 2.22. The first-order chi connectivity index (χ1) is 14.0. The molecule has 150 valence electrons. The third kappa shape index (κ3) is 4.30. The number of halogens is 1. The average Bonchev–Trinajstić information content (AvgIpc) is 2.94. The van der Waals surface area contributed by atoms with Crippen LogP contribution < -0.4 is 0 Å². The molecule has 5 heteroatoms. The lowest BCUT2D eigenvalue weighted by molar-refractivity contribution is 0.0763. The van der Waals surface area contributed by atoms with Gasteiger partial charge in [-0.2, -0.15) is 0 Å². The highest BCUT2D eigenvalue weighted by Gasteiger charge is 2.23. The van der Waals surface area contributed by atoms with Gasteiger partial charge in [-0.15, -0.1) is 0 Å². The van der Waals surface area contributed by atoms with Gasteiger partial charge in [0, 0.05) is 49.4 Å². The number of amides is 1. The van der Waals surface area contributed by atoms with Crippen molar-refractivity contribution in [1.29, 1.82) is 0 Å². The van der Waals surface area contributed by atoms with Gasteiger partial charge in [0.1, 0.15) is 5.82 Å². The van der Waals surface area contributed by atoms with Gasteiger partial charge < -0.3 is 4.90 Å². The monoisotopic (exact) mass is 391 g/mol. The number of hydrogen-bond donors (Lipinski definition) is 0. The molecule has 1 saturated heterocycles. The first kappa shape index (κ1) is 19.5. The van der Waals surface area contributed by atoms with Gasteiger partial charge in [-0.3, -0.25) is 14.7 Å². The molecule has 0 unspecified atom stereocenters. The van der Waals surface area contributed by atoms with E-state index >= 15 is 0 Å². The zero-order valence-corrected chi connectivity index (χ0v) is 17.0. The second-order valence-corrected chi connectivity index (χ2v) is 7.85. The van der Waals surface area contributed by atoms with Gasteiger partial charge in [-0.25, -0.2) is 4.39 Å². The molecule has 2 heterocycles. The molecule has 1 fully saturated rings. The summed E-state index contributed by atoms with van der Waals surface area (Å²) in [6.45, 7) is 7.47. The Morgan fingerprint density at radius 3 is 2.69 bits per heavy atom. The van der Waals surface area contributed by atoms with Gasteiger partial charge in [0.25, 0.3) is 5.91 Å². The minimum absolute atomic E-state index is 0.0545. The molecule has 0 aliphatic carbocycles. The fraction of sp³-hybridized carbons (Fsp3) is 0.333. The van der Waals surface area contributed by atoms with Gasteiger partial charge in [-0.05, 0) is 44.5 Å². The second-order valence-electron chi connectivity index (χ2n) is 7.85. The zero-order chi connectivity index (χ0) is 20.4. The third-order valence-corrected chi connectivity index (χ3v) is 5.55. The zero-order valence-electron chi connectivity index (χ0n) is 17.0. The van der Waals surface area contributed by atoms with Gasteiger partial charge >= 0.3 is 0 Å². The molecule has 0 saturated carbocycles. The van der Waals surface area contributed by atoms with Gasteiger partial charge in [0.05, 0.1) is 11.1 Å². The van der Waals surface area contributed by atoms with E-state index in [0.29, 0.717) is 25.2 Å². The van der Waals surface area contributed by atoms with Crippen LogP contribution in [0.25, 0.3) is 10.9 Å². The summed E-state index contributed by atoms with van der Waals surface area (Å²) in [5.74, 6) is -0.113. The lowest BCUT2D eigenvalue weighted by Gasteiger charge is -2.23. The molecule has 0 radical (unpaired) electrons. The van der Waals surface area contributed by atoms with E-state index in [0.717, 1.165) is 47.2 Å². The van der Waals surface area contributed by atoms with E-state index in [1.165, 1.54) is 6.07 Å². The summed E-state index contributed by atoms with van der Waals surface area (Å²) in [6.07, 6.45) is 0.876. The Kier molecular flexibility index (Phi) is 5.58.